The van der Waals surface area contributed by atoms with Crippen molar-refractivity contribution in [2.45, 2.75) is 31.2 Å². The van der Waals surface area contributed by atoms with Crippen LogP contribution in [0.5, 0.6) is 0 Å². The van der Waals surface area contributed by atoms with Crippen LogP contribution in [0.4, 0.5) is 5.69 Å². The van der Waals surface area contributed by atoms with Crippen LogP contribution < -0.4 is 5.32 Å². The van der Waals surface area contributed by atoms with E-state index in [1.807, 2.05) is 17.9 Å². The number of thioether (sulfide) groups is 1. The number of anilines is 1. The summed E-state index contributed by atoms with van der Waals surface area (Å²) in [4.78, 5) is 1.24. The fourth-order valence-electron chi connectivity index (χ4n) is 2.17. The molecule has 0 aliphatic heterocycles. The zero-order valence-electron chi connectivity index (χ0n) is 12.8. The lowest BCUT2D eigenvalue weighted by molar-refractivity contribution is 0.296. The van der Waals surface area contributed by atoms with Crippen LogP contribution in [0.15, 0.2) is 35.4 Å². The maximum Gasteiger partial charge on any atom is 0.0545 e. The van der Waals surface area contributed by atoms with Crippen LogP contribution >= 0.6 is 11.8 Å². The highest BCUT2D eigenvalue weighted by atomic mass is 32.2. The van der Waals surface area contributed by atoms with Gasteiger partial charge in [-0.15, -0.1) is 11.8 Å². The highest BCUT2D eigenvalue weighted by molar-refractivity contribution is 7.99. The molecule has 114 valence electrons. The summed E-state index contributed by atoms with van der Waals surface area (Å²) in [6, 6.07) is 8.67. The van der Waals surface area contributed by atoms with Crippen molar-refractivity contribution in [2.75, 3.05) is 17.7 Å². The predicted octanol–water partition coefficient (Wildman–Crippen LogP) is 3.38. The van der Waals surface area contributed by atoms with E-state index < -0.39 is 0 Å². The van der Waals surface area contributed by atoms with Gasteiger partial charge in [-0.25, -0.2) is 0 Å². The lowest BCUT2D eigenvalue weighted by Crippen LogP contribution is -2.07. The third kappa shape index (κ3) is 4.25. The molecule has 0 radical (unpaired) electrons. The summed E-state index contributed by atoms with van der Waals surface area (Å²) < 4.78 is 1.90. The Hall–Kier alpha value is -1.46. The molecule has 21 heavy (non-hydrogen) atoms. The van der Waals surface area contributed by atoms with E-state index in [0.29, 0.717) is 0 Å². The molecular formula is C16H23N3OS. The minimum absolute atomic E-state index is 0.228. The fraction of sp³-hybridized carbons (Fsp3) is 0.438. The van der Waals surface area contributed by atoms with Crippen molar-refractivity contribution >= 4 is 17.4 Å². The van der Waals surface area contributed by atoms with Crippen LogP contribution in [0.2, 0.25) is 0 Å². The van der Waals surface area contributed by atoms with Gasteiger partial charge in [-0.3, -0.25) is 4.68 Å². The molecule has 2 aromatic rings. The first-order valence-electron chi connectivity index (χ1n) is 7.20. The third-order valence-corrected chi connectivity index (χ3v) is 4.65. The van der Waals surface area contributed by atoms with Crippen LogP contribution in [-0.2, 0) is 7.05 Å². The summed E-state index contributed by atoms with van der Waals surface area (Å²) in [5, 5.41) is 16.6. The van der Waals surface area contributed by atoms with E-state index in [1.165, 1.54) is 16.2 Å². The molecule has 0 saturated heterocycles. The molecule has 0 spiro atoms. The number of hydrogen-bond acceptors (Lipinski definition) is 4. The predicted molar refractivity (Wildman–Crippen MR) is 88.9 cm³/mol. The summed E-state index contributed by atoms with van der Waals surface area (Å²) in [5.41, 5.74) is 3.52. The zero-order valence-corrected chi connectivity index (χ0v) is 13.7. The molecule has 2 rings (SSSR count). The van der Waals surface area contributed by atoms with Gasteiger partial charge in [-0.1, -0.05) is 0 Å². The number of nitrogens with zero attached hydrogens (tertiary/aromatic N) is 2. The van der Waals surface area contributed by atoms with E-state index in [2.05, 4.69) is 48.5 Å². The van der Waals surface area contributed by atoms with Crippen molar-refractivity contribution in [3.63, 3.8) is 0 Å². The number of benzene rings is 1. The lowest BCUT2D eigenvalue weighted by Gasteiger charge is -2.15. The Morgan fingerprint density at radius 1 is 1.33 bits per heavy atom. The first kappa shape index (κ1) is 15.9. The van der Waals surface area contributed by atoms with Crippen LogP contribution in [0, 0.1) is 6.92 Å². The molecule has 2 N–H and O–H groups in total. The highest BCUT2D eigenvalue weighted by Gasteiger charge is 2.11. The SMILES string of the molecule is Cc1c(C(C)Nc2ccc(SCCCO)cc2)cnn1C. The van der Waals surface area contributed by atoms with Crippen molar-refractivity contribution in [1.82, 2.24) is 9.78 Å². The minimum atomic E-state index is 0.228. The van der Waals surface area contributed by atoms with Crippen LogP contribution in [-0.4, -0.2) is 27.2 Å². The monoisotopic (exact) mass is 305 g/mol. The number of nitrogens with one attached hydrogen (secondary N) is 1. The minimum Gasteiger partial charge on any atom is -0.396 e. The molecule has 1 heterocycles. The average Bonchev–Trinajstić information content (AvgIpc) is 2.81. The van der Waals surface area contributed by atoms with E-state index in [0.717, 1.165) is 17.9 Å². The summed E-state index contributed by atoms with van der Waals surface area (Å²) in [7, 11) is 1.96. The van der Waals surface area contributed by atoms with Crippen LogP contribution in [0.25, 0.3) is 0 Å². The number of aliphatic hydroxyl groups is 1. The maximum atomic E-state index is 8.79. The standard InChI is InChI=1S/C16H23N3OS/c1-12(16-11-17-19(3)13(16)2)18-14-5-7-15(8-6-14)21-10-4-9-20/h5-8,11-12,18,20H,4,9-10H2,1-3H3. The first-order valence-corrected chi connectivity index (χ1v) is 8.19. The molecule has 0 aliphatic rings. The normalized spacial score (nSPS) is 12.4. The van der Waals surface area contributed by atoms with E-state index >= 15 is 0 Å². The molecule has 0 aliphatic carbocycles. The molecule has 1 aromatic heterocycles. The Bertz CT molecular complexity index is 565. The Labute approximate surface area is 130 Å². The fourth-order valence-corrected chi connectivity index (χ4v) is 3.01. The number of aliphatic hydroxyl groups excluding tert-OH is 1. The van der Waals surface area contributed by atoms with Crippen molar-refractivity contribution in [3.05, 3.63) is 41.7 Å². The van der Waals surface area contributed by atoms with E-state index in [9.17, 15) is 0 Å². The molecule has 0 bridgehead atoms. The zero-order chi connectivity index (χ0) is 15.2. The van der Waals surface area contributed by atoms with Gasteiger partial charge in [-0.2, -0.15) is 5.10 Å². The van der Waals surface area contributed by atoms with Crippen molar-refractivity contribution < 1.29 is 5.11 Å². The summed E-state index contributed by atoms with van der Waals surface area (Å²) in [5.74, 6) is 0.953. The summed E-state index contributed by atoms with van der Waals surface area (Å²) >= 11 is 1.77. The molecule has 1 aromatic carbocycles. The molecule has 5 heteroatoms. The topological polar surface area (TPSA) is 50.1 Å². The Morgan fingerprint density at radius 2 is 2.05 bits per heavy atom. The van der Waals surface area contributed by atoms with Gasteiger partial charge in [0.15, 0.2) is 0 Å². The third-order valence-electron chi connectivity index (χ3n) is 3.55. The van der Waals surface area contributed by atoms with E-state index in [4.69, 9.17) is 5.11 Å². The quantitative estimate of drug-likeness (QED) is 0.608. The second-order valence-corrected chi connectivity index (χ2v) is 6.29. The average molecular weight is 305 g/mol. The molecule has 0 fully saturated rings. The molecule has 4 nitrogen and oxygen atoms in total. The van der Waals surface area contributed by atoms with Gasteiger partial charge in [-0.05, 0) is 44.5 Å². The highest BCUT2D eigenvalue weighted by Crippen LogP contribution is 2.24. The van der Waals surface area contributed by atoms with Crippen molar-refractivity contribution in [1.29, 1.82) is 0 Å². The second kappa shape index (κ2) is 7.52. The van der Waals surface area contributed by atoms with Gasteiger partial charge in [0.05, 0.1) is 12.2 Å². The number of aromatic nitrogens is 2. The second-order valence-electron chi connectivity index (χ2n) is 5.12. The molecule has 1 unspecified atom stereocenters. The van der Waals surface area contributed by atoms with E-state index in [-0.39, 0.29) is 12.6 Å². The lowest BCUT2D eigenvalue weighted by atomic mass is 10.1. The Balaban J connectivity index is 1.95. The molecule has 0 saturated carbocycles. The van der Waals surface area contributed by atoms with Gasteiger partial charge >= 0.3 is 0 Å². The number of hydrogen-bond donors (Lipinski definition) is 2. The summed E-state index contributed by atoms with van der Waals surface area (Å²) in [6.07, 6.45) is 2.76. The van der Waals surface area contributed by atoms with Gasteiger partial charge in [0.25, 0.3) is 0 Å². The van der Waals surface area contributed by atoms with Gasteiger partial charge in [0.2, 0.25) is 0 Å². The van der Waals surface area contributed by atoms with Crippen molar-refractivity contribution in [2.24, 2.45) is 7.05 Å². The first-order chi connectivity index (χ1) is 10.1. The molecule has 1 atom stereocenters. The maximum absolute atomic E-state index is 8.79. The van der Waals surface area contributed by atoms with Gasteiger partial charge in [0.1, 0.15) is 0 Å². The smallest absolute Gasteiger partial charge is 0.0545 e. The number of aryl methyl sites for hydroxylation is 1. The molecule has 0 amide bonds. The van der Waals surface area contributed by atoms with Gasteiger partial charge in [0, 0.05) is 41.2 Å². The largest absolute Gasteiger partial charge is 0.396 e. The Morgan fingerprint density at radius 3 is 2.62 bits per heavy atom. The summed E-state index contributed by atoms with van der Waals surface area (Å²) in [6.45, 7) is 4.49. The van der Waals surface area contributed by atoms with Crippen molar-refractivity contribution in [3.8, 4) is 0 Å². The molecular weight excluding hydrogens is 282 g/mol. The number of rotatable bonds is 7. The van der Waals surface area contributed by atoms with Crippen LogP contribution in [0.1, 0.15) is 30.6 Å². The van der Waals surface area contributed by atoms with Crippen LogP contribution in [0.3, 0.4) is 0 Å². The van der Waals surface area contributed by atoms with Gasteiger partial charge < -0.3 is 10.4 Å². The Kier molecular flexibility index (Phi) is 5.70. The van der Waals surface area contributed by atoms with E-state index in [1.54, 1.807) is 11.8 Å².